The van der Waals surface area contributed by atoms with Crippen LogP contribution < -0.4 is 16.6 Å². The number of carbonyl (C=O) groups excluding carboxylic acids is 1. The Bertz CT molecular complexity index is 552. The topological polar surface area (TPSA) is 106 Å². The minimum Gasteiger partial charge on any atom is -0.444 e. The van der Waals surface area contributed by atoms with E-state index in [1.807, 2.05) is 0 Å². The third-order valence-electron chi connectivity index (χ3n) is 2.29. The molecule has 2 aromatic rings. The van der Waals surface area contributed by atoms with Crippen molar-refractivity contribution in [2.75, 3.05) is 5.43 Å². The summed E-state index contributed by atoms with van der Waals surface area (Å²) in [5.74, 6) is 6.18. The number of amides is 1. The Kier molecular flexibility index (Phi) is 3.54. The summed E-state index contributed by atoms with van der Waals surface area (Å²) in [5, 5.41) is 2.68. The minimum atomic E-state index is -0.277. The number of oxazole rings is 1. The zero-order chi connectivity index (χ0) is 13.0. The van der Waals surface area contributed by atoms with Crippen molar-refractivity contribution in [1.29, 1.82) is 0 Å². The van der Waals surface area contributed by atoms with E-state index in [1.54, 1.807) is 19.2 Å². The largest absolute Gasteiger partial charge is 0.444 e. The fraction of sp³-hybridized carbons (Fsp3) is 0.182. The first kappa shape index (κ1) is 12.1. The van der Waals surface area contributed by atoms with Gasteiger partial charge in [0.25, 0.3) is 5.91 Å². The zero-order valence-electron chi connectivity index (χ0n) is 9.80. The van der Waals surface area contributed by atoms with Gasteiger partial charge in [0.2, 0.25) is 5.89 Å². The van der Waals surface area contributed by atoms with E-state index in [9.17, 15) is 4.79 Å². The predicted molar refractivity (Wildman–Crippen MR) is 64.5 cm³/mol. The number of carbonyl (C=O) groups is 1. The summed E-state index contributed by atoms with van der Waals surface area (Å²) in [6.45, 7) is 2.01. The number of nitrogen functional groups attached to an aromatic ring is 1. The van der Waals surface area contributed by atoms with Gasteiger partial charge in [-0.15, -0.1) is 0 Å². The Morgan fingerprint density at radius 2 is 2.33 bits per heavy atom. The van der Waals surface area contributed by atoms with Gasteiger partial charge in [0.05, 0.1) is 30.2 Å². The van der Waals surface area contributed by atoms with E-state index in [2.05, 4.69) is 20.7 Å². The second kappa shape index (κ2) is 5.28. The van der Waals surface area contributed by atoms with Gasteiger partial charge in [-0.25, -0.2) is 4.98 Å². The fourth-order valence-corrected chi connectivity index (χ4v) is 1.44. The molecule has 0 aromatic carbocycles. The van der Waals surface area contributed by atoms with E-state index in [1.165, 1.54) is 12.4 Å². The first-order valence-corrected chi connectivity index (χ1v) is 5.31. The SMILES string of the molecule is Cc1cnc(CNC(=O)c2ccncc2NN)o1. The lowest BCUT2D eigenvalue weighted by atomic mass is 10.2. The quantitative estimate of drug-likeness (QED) is 0.539. The number of nitrogens with two attached hydrogens (primary N) is 1. The summed E-state index contributed by atoms with van der Waals surface area (Å²) >= 11 is 0. The molecule has 0 aliphatic carbocycles. The highest BCUT2D eigenvalue weighted by molar-refractivity contribution is 5.99. The van der Waals surface area contributed by atoms with Crippen molar-refractivity contribution in [3.8, 4) is 0 Å². The predicted octanol–water partition coefficient (Wildman–Crippen LogP) is 0.594. The first-order chi connectivity index (χ1) is 8.70. The van der Waals surface area contributed by atoms with Crippen molar-refractivity contribution in [3.05, 3.63) is 41.9 Å². The summed E-state index contributed by atoms with van der Waals surface area (Å²) in [6, 6.07) is 1.57. The number of nitrogens with one attached hydrogen (secondary N) is 2. The molecule has 0 fully saturated rings. The lowest BCUT2D eigenvalue weighted by molar-refractivity contribution is 0.0948. The van der Waals surface area contributed by atoms with Crippen molar-refractivity contribution >= 4 is 11.6 Å². The Morgan fingerprint density at radius 3 is 3.00 bits per heavy atom. The van der Waals surface area contributed by atoms with Crippen LogP contribution in [0.3, 0.4) is 0 Å². The fourth-order valence-electron chi connectivity index (χ4n) is 1.44. The second-order valence-electron chi connectivity index (χ2n) is 3.61. The lowest BCUT2D eigenvalue weighted by Crippen LogP contribution is -2.25. The molecule has 2 aromatic heterocycles. The molecule has 2 rings (SSSR count). The summed E-state index contributed by atoms with van der Waals surface area (Å²) in [4.78, 5) is 19.8. The molecule has 0 bridgehead atoms. The number of nitrogens with zero attached hydrogens (tertiary/aromatic N) is 2. The molecule has 4 N–H and O–H groups in total. The standard InChI is InChI=1S/C11H13N5O2/c1-7-4-14-10(18-7)6-15-11(17)8-2-3-13-5-9(8)16-12/h2-5,16H,6,12H2,1H3,(H,15,17). The van der Waals surface area contributed by atoms with Crippen molar-refractivity contribution < 1.29 is 9.21 Å². The Hall–Kier alpha value is -2.41. The van der Waals surface area contributed by atoms with Crippen LogP contribution in [-0.4, -0.2) is 15.9 Å². The molecule has 1 amide bonds. The molecular weight excluding hydrogens is 234 g/mol. The van der Waals surface area contributed by atoms with Gasteiger partial charge in [-0.05, 0) is 13.0 Å². The number of anilines is 1. The van der Waals surface area contributed by atoms with Gasteiger partial charge in [0.1, 0.15) is 5.76 Å². The monoisotopic (exact) mass is 247 g/mol. The molecule has 0 aliphatic rings. The highest BCUT2D eigenvalue weighted by Crippen LogP contribution is 2.11. The number of pyridine rings is 1. The van der Waals surface area contributed by atoms with E-state index >= 15 is 0 Å². The average Bonchev–Trinajstić information content (AvgIpc) is 2.81. The maximum absolute atomic E-state index is 11.9. The van der Waals surface area contributed by atoms with E-state index in [0.29, 0.717) is 22.9 Å². The van der Waals surface area contributed by atoms with Gasteiger partial charge < -0.3 is 15.2 Å². The maximum Gasteiger partial charge on any atom is 0.253 e. The molecule has 18 heavy (non-hydrogen) atoms. The molecule has 0 unspecified atom stereocenters. The van der Waals surface area contributed by atoms with Crippen LogP contribution in [-0.2, 0) is 6.54 Å². The summed E-state index contributed by atoms with van der Waals surface area (Å²) in [7, 11) is 0. The van der Waals surface area contributed by atoms with Crippen molar-refractivity contribution in [2.45, 2.75) is 13.5 Å². The normalized spacial score (nSPS) is 10.1. The van der Waals surface area contributed by atoms with Crippen LogP contribution in [0.15, 0.2) is 29.1 Å². The van der Waals surface area contributed by atoms with Gasteiger partial charge >= 0.3 is 0 Å². The van der Waals surface area contributed by atoms with Crippen LogP contribution in [0.5, 0.6) is 0 Å². The van der Waals surface area contributed by atoms with Gasteiger partial charge in [0, 0.05) is 6.20 Å². The average molecular weight is 247 g/mol. The molecule has 0 aliphatic heterocycles. The number of hydrogen-bond acceptors (Lipinski definition) is 6. The molecular formula is C11H13N5O2. The van der Waals surface area contributed by atoms with Crippen molar-refractivity contribution in [1.82, 2.24) is 15.3 Å². The highest BCUT2D eigenvalue weighted by atomic mass is 16.4. The Balaban J connectivity index is 2.03. The molecule has 94 valence electrons. The van der Waals surface area contributed by atoms with E-state index in [0.717, 1.165) is 0 Å². The van der Waals surface area contributed by atoms with Crippen LogP contribution >= 0.6 is 0 Å². The van der Waals surface area contributed by atoms with E-state index < -0.39 is 0 Å². The summed E-state index contributed by atoms with van der Waals surface area (Å²) in [6.07, 6.45) is 4.59. The highest BCUT2D eigenvalue weighted by Gasteiger charge is 2.11. The van der Waals surface area contributed by atoms with Crippen LogP contribution in [0.1, 0.15) is 22.0 Å². The number of aromatic nitrogens is 2. The zero-order valence-corrected chi connectivity index (χ0v) is 9.80. The number of rotatable bonds is 4. The van der Waals surface area contributed by atoms with Crippen LogP contribution in [0.25, 0.3) is 0 Å². The molecule has 7 nitrogen and oxygen atoms in total. The Morgan fingerprint density at radius 1 is 1.50 bits per heavy atom. The number of hydrazine groups is 1. The van der Waals surface area contributed by atoms with Gasteiger partial charge in [0.15, 0.2) is 0 Å². The molecule has 2 heterocycles. The third kappa shape index (κ3) is 2.64. The third-order valence-corrected chi connectivity index (χ3v) is 2.29. The molecule has 0 spiro atoms. The van der Waals surface area contributed by atoms with Crippen LogP contribution in [0.2, 0.25) is 0 Å². The van der Waals surface area contributed by atoms with Crippen molar-refractivity contribution in [2.24, 2.45) is 5.84 Å². The molecule has 0 saturated heterocycles. The van der Waals surface area contributed by atoms with Crippen LogP contribution in [0.4, 0.5) is 5.69 Å². The summed E-state index contributed by atoms with van der Waals surface area (Å²) < 4.78 is 5.25. The van der Waals surface area contributed by atoms with Crippen molar-refractivity contribution in [3.63, 3.8) is 0 Å². The summed E-state index contributed by atoms with van der Waals surface area (Å²) in [5.41, 5.74) is 3.29. The maximum atomic E-state index is 11.9. The number of hydrogen-bond donors (Lipinski definition) is 3. The molecule has 0 atom stereocenters. The minimum absolute atomic E-state index is 0.221. The molecule has 0 radical (unpaired) electrons. The lowest BCUT2D eigenvalue weighted by Gasteiger charge is -2.07. The molecule has 0 saturated carbocycles. The van der Waals surface area contributed by atoms with E-state index in [4.69, 9.17) is 10.3 Å². The van der Waals surface area contributed by atoms with Crippen LogP contribution in [0, 0.1) is 6.92 Å². The van der Waals surface area contributed by atoms with Gasteiger partial charge in [-0.1, -0.05) is 0 Å². The Labute approximate surface area is 103 Å². The molecule has 7 heteroatoms. The van der Waals surface area contributed by atoms with Gasteiger partial charge in [-0.3, -0.25) is 15.6 Å². The van der Waals surface area contributed by atoms with Gasteiger partial charge in [-0.2, -0.15) is 0 Å². The number of aryl methyl sites for hydroxylation is 1. The van der Waals surface area contributed by atoms with E-state index in [-0.39, 0.29) is 12.5 Å². The second-order valence-corrected chi connectivity index (χ2v) is 3.61. The first-order valence-electron chi connectivity index (χ1n) is 5.31. The smallest absolute Gasteiger partial charge is 0.253 e.